The number of thioether (sulfide) groups is 1. The van der Waals surface area contributed by atoms with Crippen molar-refractivity contribution in [1.82, 2.24) is 10.9 Å². The average molecular weight is 327 g/mol. The molecule has 0 saturated carbocycles. The van der Waals surface area contributed by atoms with E-state index in [0.717, 1.165) is 10.2 Å². The van der Waals surface area contributed by atoms with Gasteiger partial charge in [0.2, 0.25) is 0 Å². The molecule has 0 bridgehead atoms. The van der Waals surface area contributed by atoms with Gasteiger partial charge in [0.25, 0.3) is 5.91 Å². The van der Waals surface area contributed by atoms with Gasteiger partial charge < -0.3 is 5.43 Å². The molecule has 0 unspecified atom stereocenters. The number of hydrogen-bond acceptors (Lipinski definition) is 4. The number of carbonyl (C=O) groups is 2. The smallest absolute Gasteiger partial charge is 0.269 e. The Balaban J connectivity index is 1.89. The average Bonchev–Trinajstić information content (AvgIpc) is 2.76. The van der Waals surface area contributed by atoms with Crippen molar-refractivity contribution < 1.29 is 9.59 Å². The summed E-state index contributed by atoms with van der Waals surface area (Å²) in [6.07, 6.45) is 2.11. The van der Waals surface area contributed by atoms with E-state index in [9.17, 15) is 9.59 Å². The summed E-state index contributed by atoms with van der Waals surface area (Å²) in [5.41, 5.74) is 5.73. The molecule has 1 fully saturated rings. The summed E-state index contributed by atoms with van der Waals surface area (Å²) in [6, 6.07) is 7.01. The van der Waals surface area contributed by atoms with Crippen LogP contribution in [0.1, 0.15) is 16.8 Å². The number of carbonyl (C=O) groups excluding carboxylic acids is 2. The van der Waals surface area contributed by atoms with Crippen molar-refractivity contribution in [3.8, 4) is 0 Å². The van der Waals surface area contributed by atoms with Crippen LogP contribution in [0.25, 0.3) is 0 Å². The van der Waals surface area contributed by atoms with Gasteiger partial charge in [-0.05, 0) is 24.3 Å². The summed E-state index contributed by atoms with van der Waals surface area (Å²) in [5, 5.41) is 0. The number of amides is 1. The van der Waals surface area contributed by atoms with Crippen LogP contribution >= 0.6 is 27.7 Å². The van der Waals surface area contributed by atoms with Crippen LogP contribution in [0.2, 0.25) is 0 Å². The molecule has 1 aliphatic heterocycles. The van der Waals surface area contributed by atoms with E-state index >= 15 is 0 Å². The predicted molar refractivity (Wildman–Crippen MR) is 74.9 cm³/mol. The number of rotatable bonds is 3. The van der Waals surface area contributed by atoms with Gasteiger partial charge in [-0.25, -0.2) is 0 Å². The van der Waals surface area contributed by atoms with E-state index in [4.69, 9.17) is 0 Å². The molecule has 94 valence electrons. The molecule has 1 aliphatic rings. The van der Waals surface area contributed by atoms with Crippen molar-refractivity contribution >= 4 is 39.4 Å². The maximum absolute atomic E-state index is 11.7. The van der Waals surface area contributed by atoms with E-state index in [-0.39, 0.29) is 11.7 Å². The fourth-order valence-corrected chi connectivity index (χ4v) is 2.60. The van der Waals surface area contributed by atoms with Gasteiger partial charge in [0.15, 0.2) is 5.78 Å². The molecule has 1 aromatic carbocycles. The first kappa shape index (κ1) is 13.2. The molecule has 2 N–H and O–H groups in total. The molecule has 4 nitrogen and oxygen atoms in total. The van der Waals surface area contributed by atoms with E-state index < -0.39 is 0 Å². The highest BCUT2D eigenvalue weighted by Crippen LogP contribution is 2.25. The van der Waals surface area contributed by atoms with E-state index in [0.29, 0.717) is 16.9 Å². The molecular formula is C12H11BrN2O2S. The van der Waals surface area contributed by atoms with Crippen molar-refractivity contribution in [2.75, 3.05) is 5.75 Å². The van der Waals surface area contributed by atoms with Crippen LogP contribution < -0.4 is 10.9 Å². The van der Waals surface area contributed by atoms with Crippen molar-refractivity contribution in [3.63, 3.8) is 0 Å². The van der Waals surface area contributed by atoms with Crippen LogP contribution in [0, 0.1) is 0 Å². The Kier molecular flexibility index (Phi) is 4.43. The second-order valence-electron chi connectivity index (χ2n) is 3.64. The molecule has 0 radical (unpaired) electrons. The second kappa shape index (κ2) is 6.06. The molecule has 2 rings (SSSR count). The monoisotopic (exact) mass is 326 g/mol. The molecule has 1 saturated heterocycles. The van der Waals surface area contributed by atoms with Crippen LogP contribution in [-0.2, 0) is 4.79 Å². The zero-order valence-electron chi connectivity index (χ0n) is 9.40. The molecule has 0 atom stereocenters. The number of nitrogens with one attached hydrogen (secondary N) is 2. The van der Waals surface area contributed by atoms with Gasteiger partial charge in [-0.3, -0.25) is 15.0 Å². The van der Waals surface area contributed by atoms with Crippen LogP contribution in [-0.4, -0.2) is 17.4 Å². The number of allylic oxidation sites excluding steroid dienone is 1. The van der Waals surface area contributed by atoms with Gasteiger partial charge in [0.05, 0.1) is 4.91 Å². The molecule has 1 heterocycles. The third kappa shape index (κ3) is 3.36. The number of ketones is 1. The zero-order valence-corrected chi connectivity index (χ0v) is 11.8. The van der Waals surface area contributed by atoms with Crippen molar-refractivity contribution in [2.24, 2.45) is 0 Å². The number of hydrogen-bond donors (Lipinski definition) is 2. The van der Waals surface area contributed by atoms with Crippen LogP contribution in [0.3, 0.4) is 0 Å². The fourth-order valence-electron chi connectivity index (χ4n) is 1.42. The Morgan fingerprint density at radius 2 is 2.06 bits per heavy atom. The zero-order chi connectivity index (χ0) is 13.0. The third-order valence-electron chi connectivity index (χ3n) is 2.36. The van der Waals surface area contributed by atoms with Crippen LogP contribution in [0.5, 0.6) is 0 Å². The van der Waals surface area contributed by atoms with Crippen molar-refractivity contribution in [1.29, 1.82) is 0 Å². The summed E-state index contributed by atoms with van der Waals surface area (Å²) < 4.78 is 0.919. The highest BCUT2D eigenvalue weighted by molar-refractivity contribution is 9.10. The number of hydrazine groups is 1. The second-order valence-corrected chi connectivity index (χ2v) is 5.69. The highest BCUT2D eigenvalue weighted by atomic mass is 79.9. The topological polar surface area (TPSA) is 58.2 Å². The summed E-state index contributed by atoms with van der Waals surface area (Å²) in [5.74, 6) is 0.688. The van der Waals surface area contributed by atoms with E-state index in [2.05, 4.69) is 26.8 Å². The molecule has 0 aliphatic carbocycles. The maximum atomic E-state index is 11.7. The summed E-state index contributed by atoms with van der Waals surface area (Å²) in [4.78, 5) is 23.7. The first-order valence-corrected chi connectivity index (χ1v) is 7.12. The minimum atomic E-state index is -0.241. The standard InChI is InChI=1S/C12H11BrN2O2S/c13-9-3-1-8(2-4-9)12(17)15-14-7-11-10(16)5-6-18-11/h1-4,7,14H,5-6H2,(H,15,17)/b11-7+. The Morgan fingerprint density at radius 1 is 1.33 bits per heavy atom. The largest absolute Gasteiger partial charge is 0.304 e. The third-order valence-corrected chi connectivity index (χ3v) is 3.95. The molecule has 18 heavy (non-hydrogen) atoms. The van der Waals surface area contributed by atoms with Crippen LogP contribution in [0.15, 0.2) is 39.8 Å². The minimum absolute atomic E-state index is 0.116. The van der Waals surface area contributed by atoms with Gasteiger partial charge in [-0.15, -0.1) is 11.8 Å². The Morgan fingerprint density at radius 3 is 2.67 bits per heavy atom. The maximum Gasteiger partial charge on any atom is 0.269 e. The lowest BCUT2D eigenvalue weighted by Gasteiger charge is -2.05. The molecule has 1 amide bonds. The minimum Gasteiger partial charge on any atom is -0.304 e. The molecule has 6 heteroatoms. The number of halogens is 1. The Labute approximate surface area is 117 Å². The van der Waals surface area contributed by atoms with Gasteiger partial charge in [-0.2, -0.15) is 0 Å². The first-order valence-electron chi connectivity index (χ1n) is 5.34. The van der Waals surface area contributed by atoms with Crippen LogP contribution in [0.4, 0.5) is 0 Å². The normalized spacial score (nSPS) is 16.9. The lowest BCUT2D eigenvalue weighted by Crippen LogP contribution is -2.33. The highest BCUT2D eigenvalue weighted by Gasteiger charge is 2.17. The summed E-state index contributed by atoms with van der Waals surface area (Å²) >= 11 is 4.79. The predicted octanol–water partition coefficient (Wildman–Crippen LogP) is 2.23. The Bertz CT molecular complexity index is 499. The molecule has 0 aromatic heterocycles. The van der Waals surface area contributed by atoms with Crippen molar-refractivity contribution in [2.45, 2.75) is 6.42 Å². The first-order chi connectivity index (χ1) is 8.66. The number of Topliss-reactive ketones (excluding diaryl/α,β-unsaturated/α-hetero) is 1. The fraction of sp³-hybridized carbons (Fsp3) is 0.167. The number of benzene rings is 1. The molecular weight excluding hydrogens is 316 g/mol. The van der Waals surface area contributed by atoms with Gasteiger partial charge in [-0.1, -0.05) is 15.9 Å². The SMILES string of the molecule is O=C1CCS/C1=C/NNC(=O)c1ccc(Br)cc1. The molecule has 1 aromatic rings. The van der Waals surface area contributed by atoms with Gasteiger partial charge in [0.1, 0.15) is 0 Å². The Hall–Kier alpha value is -1.27. The van der Waals surface area contributed by atoms with E-state index in [1.54, 1.807) is 24.3 Å². The quantitative estimate of drug-likeness (QED) is 0.660. The summed E-state index contributed by atoms with van der Waals surface area (Å²) in [7, 11) is 0. The lowest BCUT2D eigenvalue weighted by atomic mass is 10.2. The van der Waals surface area contributed by atoms with E-state index in [1.165, 1.54) is 18.0 Å². The van der Waals surface area contributed by atoms with Gasteiger partial charge >= 0.3 is 0 Å². The van der Waals surface area contributed by atoms with Gasteiger partial charge in [0, 0.05) is 28.4 Å². The van der Waals surface area contributed by atoms with Crippen molar-refractivity contribution in [3.05, 3.63) is 45.4 Å². The molecule has 0 spiro atoms. The summed E-state index contributed by atoms with van der Waals surface area (Å²) in [6.45, 7) is 0. The lowest BCUT2D eigenvalue weighted by molar-refractivity contribution is -0.114. The van der Waals surface area contributed by atoms with E-state index in [1.807, 2.05) is 0 Å².